The molecule has 0 heterocycles. The van der Waals surface area contributed by atoms with Gasteiger partial charge < -0.3 is 5.32 Å². The third-order valence-corrected chi connectivity index (χ3v) is 1.81. The van der Waals surface area contributed by atoms with Gasteiger partial charge in [-0.2, -0.15) is 10.2 Å². The molecule has 0 bridgehead atoms. The van der Waals surface area contributed by atoms with Crippen molar-refractivity contribution in [2.75, 3.05) is 0 Å². The number of nitrogens with one attached hydrogen (secondary N) is 1. The summed E-state index contributed by atoms with van der Waals surface area (Å²) in [4.78, 5) is 4.29. The third kappa shape index (κ3) is 10.6. The molecular weight excluding hydrogens is 212 g/mol. The second-order valence-electron chi connectivity index (χ2n) is 3.30. The van der Waals surface area contributed by atoms with Gasteiger partial charge in [-0.25, -0.2) is 0 Å². The number of hydrogen-bond donors (Lipinski definition) is 1. The Morgan fingerprint density at radius 2 is 2.00 bits per heavy atom. The van der Waals surface area contributed by atoms with Gasteiger partial charge in [0.05, 0.1) is 0 Å². The van der Waals surface area contributed by atoms with Crippen LogP contribution in [0, 0.1) is 12.0 Å². The van der Waals surface area contributed by atoms with Crippen molar-refractivity contribution in [3.05, 3.63) is 0 Å². The van der Waals surface area contributed by atoms with E-state index in [1.54, 1.807) is 18.6 Å². The fourth-order valence-electron chi connectivity index (χ4n) is 1.05. The van der Waals surface area contributed by atoms with Gasteiger partial charge >= 0.3 is 0 Å². The molecular formula is C13H22N4. The van der Waals surface area contributed by atoms with E-state index >= 15 is 0 Å². The molecule has 1 atom stereocenters. The average molecular weight is 234 g/mol. The van der Waals surface area contributed by atoms with Crippen LogP contribution in [-0.4, -0.2) is 24.8 Å². The monoisotopic (exact) mass is 234 g/mol. The van der Waals surface area contributed by atoms with Crippen molar-refractivity contribution in [2.45, 2.75) is 52.6 Å². The quantitative estimate of drug-likeness (QED) is 0.313. The summed E-state index contributed by atoms with van der Waals surface area (Å²) < 4.78 is 0. The topological polar surface area (TPSA) is 49.1 Å². The highest BCUT2D eigenvalue weighted by atomic mass is 15.2. The third-order valence-electron chi connectivity index (χ3n) is 1.81. The molecule has 0 aromatic rings. The maximum absolute atomic E-state index is 4.29. The van der Waals surface area contributed by atoms with E-state index in [1.165, 1.54) is 0 Å². The van der Waals surface area contributed by atoms with E-state index in [2.05, 4.69) is 32.5 Å². The maximum Gasteiger partial charge on any atom is 0.125 e. The average Bonchev–Trinajstić information content (AvgIpc) is 2.34. The molecule has 0 fully saturated rings. The molecule has 0 saturated heterocycles. The molecule has 0 aliphatic carbocycles. The lowest BCUT2D eigenvalue weighted by Crippen LogP contribution is -2.22. The van der Waals surface area contributed by atoms with Crippen molar-refractivity contribution in [3.8, 4) is 12.0 Å². The molecule has 0 spiro atoms. The van der Waals surface area contributed by atoms with Crippen molar-refractivity contribution in [2.24, 2.45) is 15.2 Å². The molecule has 4 nitrogen and oxygen atoms in total. The standard InChI is InChI=1S/C13H22N4/c1-4-7-11-15-13(14-6-3)9-8-12-17-16-10-5-2/h6,10,12-13,15H,4-5,8-9H2,1-3H3. The lowest BCUT2D eigenvalue weighted by Gasteiger charge is -2.08. The second kappa shape index (κ2) is 12.4. The molecule has 0 radical (unpaired) electrons. The first-order chi connectivity index (χ1) is 8.35. The summed E-state index contributed by atoms with van der Waals surface area (Å²) in [5.74, 6) is 2.96. The maximum atomic E-state index is 4.29. The van der Waals surface area contributed by atoms with E-state index in [0.717, 1.165) is 25.7 Å². The van der Waals surface area contributed by atoms with E-state index in [1.807, 2.05) is 20.8 Å². The minimum atomic E-state index is 0.0423. The van der Waals surface area contributed by atoms with Crippen LogP contribution in [0.3, 0.4) is 0 Å². The molecule has 0 amide bonds. The second-order valence-corrected chi connectivity index (χ2v) is 3.30. The van der Waals surface area contributed by atoms with Crippen LogP contribution in [0.1, 0.15) is 46.5 Å². The van der Waals surface area contributed by atoms with Gasteiger partial charge in [0.15, 0.2) is 0 Å². The first-order valence-corrected chi connectivity index (χ1v) is 6.09. The van der Waals surface area contributed by atoms with E-state index in [9.17, 15) is 0 Å². The Morgan fingerprint density at radius 1 is 1.24 bits per heavy atom. The zero-order valence-corrected chi connectivity index (χ0v) is 11.0. The number of rotatable bonds is 7. The Balaban J connectivity index is 3.92. The van der Waals surface area contributed by atoms with E-state index < -0.39 is 0 Å². The molecule has 94 valence electrons. The van der Waals surface area contributed by atoms with Crippen molar-refractivity contribution in [1.29, 1.82) is 0 Å². The minimum absolute atomic E-state index is 0.0423. The molecule has 1 unspecified atom stereocenters. The lowest BCUT2D eigenvalue weighted by atomic mass is 10.3. The molecule has 0 aliphatic heterocycles. The zero-order valence-electron chi connectivity index (χ0n) is 11.0. The predicted octanol–water partition coefficient (Wildman–Crippen LogP) is 2.61. The number of hydrogen-bond acceptors (Lipinski definition) is 4. The Hall–Kier alpha value is -1.63. The molecule has 1 N–H and O–H groups in total. The predicted molar refractivity (Wildman–Crippen MR) is 75.7 cm³/mol. The van der Waals surface area contributed by atoms with Crippen LogP contribution in [0.15, 0.2) is 15.2 Å². The van der Waals surface area contributed by atoms with Crippen LogP contribution < -0.4 is 5.32 Å². The van der Waals surface area contributed by atoms with Crippen LogP contribution in [-0.2, 0) is 0 Å². The van der Waals surface area contributed by atoms with Gasteiger partial charge in [-0.3, -0.25) is 4.99 Å². The lowest BCUT2D eigenvalue weighted by molar-refractivity contribution is 0.593. The highest BCUT2D eigenvalue weighted by Gasteiger charge is 2.00. The van der Waals surface area contributed by atoms with Crippen LogP contribution in [0.2, 0.25) is 0 Å². The zero-order chi connectivity index (χ0) is 12.8. The molecule has 4 heteroatoms. The van der Waals surface area contributed by atoms with Gasteiger partial charge in [-0.1, -0.05) is 19.8 Å². The van der Waals surface area contributed by atoms with Crippen molar-refractivity contribution in [3.63, 3.8) is 0 Å². The van der Waals surface area contributed by atoms with E-state index in [4.69, 9.17) is 0 Å². The largest absolute Gasteiger partial charge is 0.323 e. The summed E-state index contributed by atoms with van der Waals surface area (Å²) in [7, 11) is 0. The van der Waals surface area contributed by atoms with Gasteiger partial charge in [0.1, 0.15) is 6.17 Å². The summed E-state index contributed by atoms with van der Waals surface area (Å²) in [5, 5.41) is 10.8. The van der Waals surface area contributed by atoms with Gasteiger partial charge in [-0.15, -0.1) is 0 Å². The van der Waals surface area contributed by atoms with E-state index in [-0.39, 0.29) is 6.17 Å². The molecule has 0 saturated carbocycles. The fourth-order valence-corrected chi connectivity index (χ4v) is 1.05. The molecule has 0 aromatic heterocycles. The minimum Gasteiger partial charge on any atom is -0.323 e. The summed E-state index contributed by atoms with van der Waals surface area (Å²) >= 11 is 0. The highest BCUT2D eigenvalue weighted by molar-refractivity contribution is 5.61. The van der Waals surface area contributed by atoms with Crippen molar-refractivity contribution in [1.82, 2.24) is 5.32 Å². The van der Waals surface area contributed by atoms with Crippen molar-refractivity contribution < 1.29 is 0 Å². The summed E-state index contributed by atoms with van der Waals surface area (Å²) in [6.07, 6.45) is 8.88. The fraction of sp³-hybridized carbons (Fsp3) is 0.615. The number of nitrogens with zero attached hydrogens (tertiary/aromatic N) is 3. The normalized spacial score (nSPS) is 13.1. The van der Waals surface area contributed by atoms with Gasteiger partial charge in [0.25, 0.3) is 0 Å². The van der Waals surface area contributed by atoms with Gasteiger partial charge in [0, 0.05) is 24.9 Å². The Morgan fingerprint density at radius 3 is 2.65 bits per heavy atom. The van der Waals surface area contributed by atoms with Crippen LogP contribution >= 0.6 is 0 Å². The molecule has 17 heavy (non-hydrogen) atoms. The summed E-state index contributed by atoms with van der Waals surface area (Å²) in [6, 6.07) is 2.89. The van der Waals surface area contributed by atoms with Crippen LogP contribution in [0.25, 0.3) is 0 Å². The van der Waals surface area contributed by atoms with Crippen LogP contribution in [0.5, 0.6) is 0 Å². The highest BCUT2D eigenvalue weighted by Crippen LogP contribution is 1.96. The SMILES string of the molecule is CC=NC(CCC=NN=CCC)NC#CCC. The Bertz CT molecular complexity index is 307. The summed E-state index contributed by atoms with van der Waals surface area (Å²) in [5.41, 5.74) is 0. The Kier molecular flexibility index (Phi) is 11.2. The van der Waals surface area contributed by atoms with Gasteiger partial charge in [-0.05, 0) is 32.4 Å². The molecule has 0 aliphatic rings. The van der Waals surface area contributed by atoms with Crippen molar-refractivity contribution >= 4 is 18.6 Å². The first kappa shape index (κ1) is 15.4. The number of aliphatic imine (C=N–C) groups is 1. The van der Waals surface area contributed by atoms with Gasteiger partial charge in [0.2, 0.25) is 0 Å². The molecule has 0 rings (SSSR count). The van der Waals surface area contributed by atoms with E-state index in [0.29, 0.717) is 0 Å². The summed E-state index contributed by atoms with van der Waals surface area (Å²) in [6.45, 7) is 5.95. The van der Waals surface area contributed by atoms with Crippen LogP contribution in [0.4, 0.5) is 0 Å². The molecule has 0 aromatic carbocycles. The Labute approximate surface area is 104 Å². The first-order valence-electron chi connectivity index (χ1n) is 6.09. The smallest absolute Gasteiger partial charge is 0.125 e.